The summed E-state index contributed by atoms with van der Waals surface area (Å²) in [6, 6.07) is 15.3. The van der Waals surface area contributed by atoms with Crippen molar-refractivity contribution in [2.45, 2.75) is 38.6 Å². The zero-order chi connectivity index (χ0) is 20.4. The van der Waals surface area contributed by atoms with E-state index in [4.69, 9.17) is 0 Å². The molecular formula is C23H25N3O3. The summed E-state index contributed by atoms with van der Waals surface area (Å²) in [5, 5.41) is 2.73. The predicted molar refractivity (Wildman–Crippen MR) is 112 cm³/mol. The molecule has 6 heteroatoms. The van der Waals surface area contributed by atoms with Crippen LogP contribution in [0.2, 0.25) is 0 Å². The van der Waals surface area contributed by atoms with Gasteiger partial charge in [0.15, 0.2) is 0 Å². The number of hydrogen-bond acceptors (Lipinski definition) is 3. The molecule has 0 aromatic heterocycles. The highest BCUT2D eigenvalue weighted by atomic mass is 16.2. The van der Waals surface area contributed by atoms with E-state index >= 15 is 0 Å². The van der Waals surface area contributed by atoms with Crippen molar-refractivity contribution in [2.24, 2.45) is 0 Å². The van der Waals surface area contributed by atoms with Gasteiger partial charge in [0.05, 0.1) is 11.3 Å². The number of nitrogens with zero attached hydrogens (tertiary/aromatic N) is 2. The summed E-state index contributed by atoms with van der Waals surface area (Å²) in [5.41, 5.74) is 3.27. The number of carbonyl (C=O) groups excluding carboxylic acids is 3. The monoisotopic (exact) mass is 391 g/mol. The molecule has 2 aliphatic rings. The summed E-state index contributed by atoms with van der Waals surface area (Å²) in [7, 11) is 0. The van der Waals surface area contributed by atoms with Gasteiger partial charge in [0.1, 0.15) is 0 Å². The Morgan fingerprint density at radius 3 is 2.41 bits per heavy atom. The van der Waals surface area contributed by atoms with Crippen LogP contribution < -0.4 is 10.2 Å². The van der Waals surface area contributed by atoms with Crippen LogP contribution in [0.4, 0.5) is 11.4 Å². The van der Waals surface area contributed by atoms with Crippen molar-refractivity contribution >= 4 is 29.1 Å². The lowest BCUT2D eigenvalue weighted by Crippen LogP contribution is -2.50. The van der Waals surface area contributed by atoms with Crippen LogP contribution in [-0.4, -0.2) is 41.8 Å². The largest absolute Gasteiger partial charge is 0.338 e. The third kappa shape index (κ3) is 3.88. The lowest BCUT2D eigenvalue weighted by molar-refractivity contribution is -0.119. The Morgan fingerprint density at radius 2 is 1.66 bits per heavy atom. The standard InChI is InChI=1S/C23H25N3O3/c1-16(27)24-20-8-4-3-7-19(20)23(29)25-14-12-18(13-15-25)26-21-9-5-2-6-17(21)10-11-22(26)28/h2-9,18H,10-15H2,1H3,(H,24,27). The fraction of sp³-hybridized carbons (Fsp3) is 0.348. The van der Waals surface area contributed by atoms with Gasteiger partial charge in [-0.15, -0.1) is 0 Å². The van der Waals surface area contributed by atoms with E-state index in [1.54, 1.807) is 24.3 Å². The van der Waals surface area contributed by atoms with Crippen LogP contribution in [0.25, 0.3) is 0 Å². The molecule has 0 saturated carbocycles. The molecule has 0 unspecified atom stereocenters. The zero-order valence-corrected chi connectivity index (χ0v) is 16.6. The summed E-state index contributed by atoms with van der Waals surface area (Å²) >= 11 is 0. The molecule has 4 rings (SSSR count). The molecule has 3 amide bonds. The van der Waals surface area contributed by atoms with Crippen molar-refractivity contribution in [3.63, 3.8) is 0 Å². The molecule has 29 heavy (non-hydrogen) atoms. The maximum Gasteiger partial charge on any atom is 0.255 e. The summed E-state index contributed by atoms with van der Waals surface area (Å²) < 4.78 is 0. The number of piperidine rings is 1. The SMILES string of the molecule is CC(=O)Nc1ccccc1C(=O)N1CCC(N2C(=O)CCc3ccccc32)CC1. The van der Waals surface area contributed by atoms with E-state index in [9.17, 15) is 14.4 Å². The first-order valence-corrected chi connectivity index (χ1v) is 10.1. The Kier molecular flexibility index (Phi) is 5.34. The van der Waals surface area contributed by atoms with Crippen LogP contribution in [0.15, 0.2) is 48.5 Å². The second-order valence-electron chi connectivity index (χ2n) is 7.64. The van der Waals surface area contributed by atoms with E-state index in [-0.39, 0.29) is 23.8 Å². The number of amides is 3. The van der Waals surface area contributed by atoms with Crippen LogP contribution in [-0.2, 0) is 16.0 Å². The third-order valence-corrected chi connectivity index (χ3v) is 5.71. The molecule has 2 aromatic rings. The highest BCUT2D eigenvalue weighted by Gasteiger charge is 2.34. The number of benzene rings is 2. The second kappa shape index (κ2) is 8.07. The predicted octanol–water partition coefficient (Wildman–Crippen LogP) is 3.23. The van der Waals surface area contributed by atoms with Crippen molar-refractivity contribution in [2.75, 3.05) is 23.3 Å². The minimum atomic E-state index is -0.203. The van der Waals surface area contributed by atoms with Crippen molar-refractivity contribution < 1.29 is 14.4 Å². The number of carbonyl (C=O) groups is 3. The van der Waals surface area contributed by atoms with E-state index in [1.165, 1.54) is 12.5 Å². The third-order valence-electron chi connectivity index (χ3n) is 5.71. The van der Waals surface area contributed by atoms with E-state index in [0.29, 0.717) is 30.8 Å². The molecule has 0 radical (unpaired) electrons. The summed E-state index contributed by atoms with van der Waals surface area (Å²) in [5.74, 6) is -0.117. The lowest BCUT2D eigenvalue weighted by Gasteiger charge is -2.41. The number of anilines is 2. The van der Waals surface area contributed by atoms with Crippen LogP contribution >= 0.6 is 0 Å². The van der Waals surface area contributed by atoms with Gasteiger partial charge in [-0.2, -0.15) is 0 Å². The summed E-state index contributed by atoms with van der Waals surface area (Å²) in [4.78, 5) is 40.9. The average molecular weight is 391 g/mol. The number of nitrogens with one attached hydrogen (secondary N) is 1. The number of fused-ring (bicyclic) bond motifs is 1. The molecule has 0 spiro atoms. The van der Waals surface area contributed by atoms with Gasteiger partial charge in [0, 0.05) is 38.2 Å². The fourth-order valence-corrected chi connectivity index (χ4v) is 4.32. The average Bonchev–Trinajstić information content (AvgIpc) is 2.73. The summed E-state index contributed by atoms with van der Waals surface area (Å²) in [6.45, 7) is 2.61. The van der Waals surface area contributed by atoms with Gasteiger partial charge in [-0.05, 0) is 43.0 Å². The van der Waals surface area contributed by atoms with Crippen molar-refractivity contribution in [3.05, 3.63) is 59.7 Å². The number of rotatable bonds is 3. The van der Waals surface area contributed by atoms with E-state index < -0.39 is 0 Å². The minimum absolute atomic E-state index is 0.0850. The van der Waals surface area contributed by atoms with E-state index in [1.807, 2.05) is 28.0 Å². The first-order chi connectivity index (χ1) is 14.0. The van der Waals surface area contributed by atoms with Crippen molar-refractivity contribution in [3.8, 4) is 0 Å². The van der Waals surface area contributed by atoms with Gasteiger partial charge in [-0.3, -0.25) is 14.4 Å². The van der Waals surface area contributed by atoms with Gasteiger partial charge in [0.25, 0.3) is 5.91 Å². The lowest BCUT2D eigenvalue weighted by atomic mass is 9.95. The van der Waals surface area contributed by atoms with Gasteiger partial charge >= 0.3 is 0 Å². The number of likely N-dealkylation sites (tertiary alicyclic amines) is 1. The molecule has 2 aliphatic heterocycles. The normalized spacial score (nSPS) is 17.1. The van der Waals surface area contributed by atoms with Crippen LogP contribution in [0, 0.1) is 0 Å². The molecule has 6 nitrogen and oxygen atoms in total. The van der Waals surface area contributed by atoms with Gasteiger partial charge < -0.3 is 15.1 Å². The first-order valence-electron chi connectivity index (χ1n) is 10.1. The highest BCUT2D eigenvalue weighted by molar-refractivity contribution is 6.03. The van der Waals surface area contributed by atoms with Gasteiger partial charge in [0.2, 0.25) is 11.8 Å². The molecule has 1 saturated heterocycles. The molecule has 2 heterocycles. The topological polar surface area (TPSA) is 69.7 Å². The Labute approximate surface area is 170 Å². The molecular weight excluding hydrogens is 366 g/mol. The quantitative estimate of drug-likeness (QED) is 0.873. The van der Waals surface area contributed by atoms with Crippen molar-refractivity contribution in [1.29, 1.82) is 0 Å². The maximum absolute atomic E-state index is 13.0. The Hall–Kier alpha value is -3.15. The Morgan fingerprint density at radius 1 is 0.966 bits per heavy atom. The van der Waals surface area contributed by atoms with Gasteiger partial charge in [-0.1, -0.05) is 30.3 Å². The molecule has 0 aliphatic carbocycles. The molecule has 1 fully saturated rings. The summed E-state index contributed by atoms with van der Waals surface area (Å²) in [6.07, 6.45) is 2.82. The molecule has 150 valence electrons. The van der Waals surface area contributed by atoms with E-state index in [2.05, 4.69) is 11.4 Å². The molecule has 2 aromatic carbocycles. The van der Waals surface area contributed by atoms with Crippen LogP contribution in [0.5, 0.6) is 0 Å². The number of aryl methyl sites for hydroxylation is 1. The highest BCUT2D eigenvalue weighted by Crippen LogP contribution is 2.32. The first kappa shape index (κ1) is 19.2. The Bertz CT molecular complexity index is 948. The van der Waals surface area contributed by atoms with Crippen molar-refractivity contribution in [1.82, 2.24) is 4.90 Å². The smallest absolute Gasteiger partial charge is 0.255 e. The zero-order valence-electron chi connectivity index (χ0n) is 16.6. The number of para-hydroxylation sites is 2. The fourth-order valence-electron chi connectivity index (χ4n) is 4.32. The number of hydrogen-bond donors (Lipinski definition) is 1. The van der Waals surface area contributed by atoms with Gasteiger partial charge in [-0.25, -0.2) is 0 Å². The second-order valence-corrected chi connectivity index (χ2v) is 7.64. The van der Waals surface area contributed by atoms with Crippen LogP contribution in [0.1, 0.15) is 42.1 Å². The van der Waals surface area contributed by atoms with E-state index in [0.717, 1.165) is 24.9 Å². The molecule has 0 bridgehead atoms. The van der Waals surface area contributed by atoms with Crippen LogP contribution in [0.3, 0.4) is 0 Å². The minimum Gasteiger partial charge on any atom is -0.338 e. The molecule has 0 atom stereocenters. The maximum atomic E-state index is 13.0. The Balaban J connectivity index is 1.47. The molecule has 1 N–H and O–H groups in total.